The second-order valence-corrected chi connectivity index (χ2v) is 7.53. The Morgan fingerprint density at radius 2 is 2.00 bits per heavy atom. The minimum atomic E-state index is 0.152. The fourth-order valence-electron chi connectivity index (χ4n) is 3.60. The van der Waals surface area contributed by atoms with Crippen molar-refractivity contribution in [1.82, 2.24) is 15.2 Å². The van der Waals surface area contributed by atoms with Crippen LogP contribution in [0.4, 0.5) is 0 Å². The van der Waals surface area contributed by atoms with Gasteiger partial charge in [-0.05, 0) is 57.8 Å². The maximum absolute atomic E-state index is 12.2. The fourth-order valence-corrected chi connectivity index (χ4v) is 3.60. The van der Waals surface area contributed by atoms with Gasteiger partial charge in [0, 0.05) is 24.6 Å². The fraction of sp³-hybridized carbons (Fsp3) is 0.545. The number of hydrogen-bond acceptors (Lipinski definition) is 4. The van der Waals surface area contributed by atoms with E-state index in [9.17, 15) is 4.79 Å². The Balaban J connectivity index is 1.55. The standard InChI is InChI=1S/C22H31N3O2/c1-4-5-12-23-21(26)18-10-13-25(14-11-18)15-20-17(3)27-22(24-20)19-9-7-6-8-16(19)2/h6-9,18H,4-5,10-15H2,1-3H3,(H,23,26). The highest BCUT2D eigenvalue weighted by Gasteiger charge is 2.26. The van der Waals surface area contributed by atoms with Crippen LogP contribution in [0.5, 0.6) is 0 Å². The Labute approximate surface area is 162 Å². The molecule has 0 atom stereocenters. The molecule has 2 aromatic rings. The van der Waals surface area contributed by atoms with Crippen LogP contribution in [0, 0.1) is 19.8 Å². The summed E-state index contributed by atoms with van der Waals surface area (Å²) in [5.41, 5.74) is 3.22. The molecule has 0 bridgehead atoms. The van der Waals surface area contributed by atoms with Gasteiger partial charge in [0.15, 0.2) is 0 Å². The van der Waals surface area contributed by atoms with E-state index in [1.807, 2.05) is 25.1 Å². The number of hydrogen-bond donors (Lipinski definition) is 1. The molecule has 1 aliphatic rings. The third-order valence-corrected chi connectivity index (χ3v) is 5.43. The van der Waals surface area contributed by atoms with E-state index in [-0.39, 0.29) is 11.8 Å². The smallest absolute Gasteiger partial charge is 0.226 e. The van der Waals surface area contributed by atoms with E-state index >= 15 is 0 Å². The Morgan fingerprint density at radius 1 is 1.26 bits per heavy atom. The molecule has 3 rings (SSSR count). The zero-order chi connectivity index (χ0) is 19.2. The topological polar surface area (TPSA) is 58.4 Å². The number of piperidine rings is 1. The summed E-state index contributed by atoms with van der Waals surface area (Å²) in [7, 11) is 0. The molecule has 1 aliphatic heterocycles. The number of aromatic nitrogens is 1. The highest BCUT2D eigenvalue weighted by atomic mass is 16.4. The van der Waals surface area contributed by atoms with Gasteiger partial charge in [-0.1, -0.05) is 31.5 Å². The molecule has 5 heteroatoms. The minimum Gasteiger partial charge on any atom is -0.441 e. The first-order valence-corrected chi connectivity index (χ1v) is 10.1. The van der Waals surface area contributed by atoms with Gasteiger partial charge in [0.2, 0.25) is 11.8 Å². The number of aryl methyl sites for hydroxylation is 2. The lowest BCUT2D eigenvalue weighted by atomic mass is 9.95. The van der Waals surface area contributed by atoms with E-state index in [1.54, 1.807) is 0 Å². The quantitative estimate of drug-likeness (QED) is 0.747. The molecule has 146 valence electrons. The minimum absolute atomic E-state index is 0.152. The highest BCUT2D eigenvalue weighted by molar-refractivity contribution is 5.78. The number of carbonyl (C=O) groups is 1. The zero-order valence-corrected chi connectivity index (χ0v) is 16.8. The molecular formula is C22H31N3O2. The molecule has 0 saturated carbocycles. The Morgan fingerprint density at radius 3 is 2.70 bits per heavy atom. The number of benzene rings is 1. The summed E-state index contributed by atoms with van der Waals surface area (Å²) in [6.07, 6.45) is 4.00. The molecule has 1 amide bonds. The Hall–Kier alpha value is -2.14. The van der Waals surface area contributed by atoms with Gasteiger partial charge >= 0.3 is 0 Å². The van der Waals surface area contributed by atoms with Crippen molar-refractivity contribution < 1.29 is 9.21 Å². The summed E-state index contributed by atoms with van der Waals surface area (Å²) in [5.74, 6) is 1.96. The summed E-state index contributed by atoms with van der Waals surface area (Å²) >= 11 is 0. The van der Waals surface area contributed by atoms with Crippen molar-refractivity contribution in [2.45, 2.75) is 53.0 Å². The molecule has 1 aromatic carbocycles. The molecule has 0 spiro atoms. The Bertz CT molecular complexity index is 761. The summed E-state index contributed by atoms with van der Waals surface area (Å²) in [4.78, 5) is 19.4. The second-order valence-electron chi connectivity index (χ2n) is 7.53. The van der Waals surface area contributed by atoms with E-state index in [4.69, 9.17) is 9.40 Å². The molecule has 2 heterocycles. The number of amides is 1. The number of unbranched alkanes of at least 4 members (excludes halogenated alkanes) is 1. The van der Waals surface area contributed by atoms with Gasteiger partial charge in [0.05, 0.1) is 5.69 Å². The molecule has 1 saturated heterocycles. The van der Waals surface area contributed by atoms with Crippen molar-refractivity contribution in [1.29, 1.82) is 0 Å². The average Bonchev–Trinajstić information content (AvgIpc) is 3.03. The molecule has 27 heavy (non-hydrogen) atoms. The third-order valence-electron chi connectivity index (χ3n) is 5.43. The summed E-state index contributed by atoms with van der Waals surface area (Å²) < 4.78 is 5.94. The van der Waals surface area contributed by atoms with Gasteiger partial charge in [-0.2, -0.15) is 0 Å². The Kier molecular flexibility index (Phi) is 6.67. The van der Waals surface area contributed by atoms with Crippen LogP contribution >= 0.6 is 0 Å². The van der Waals surface area contributed by atoms with Crippen molar-refractivity contribution in [2.24, 2.45) is 5.92 Å². The van der Waals surface area contributed by atoms with Gasteiger partial charge in [-0.25, -0.2) is 4.98 Å². The number of nitrogens with one attached hydrogen (secondary N) is 1. The van der Waals surface area contributed by atoms with Crippen molar-refractivity contribution in [2.75, 3.05) is 19.6 Å². The molecule has 1 N–H and O–H groups in total. The largest absolute Gasteiger partial charge is 0.441 e. The molecular weight excluding hydrogens is 338 g/mol. The van der Waals surface area contributed by atoms with Crippen LogP contribution < -0.4 is 5.32 Å². The molecule has 0 unspecified atom stereocenters. The molecule has 5 nitrogen and oxygen atoms in total. The van der Waals surface area contributed by atoms with Crippen LogP contribution in [0.2, 0.25) is 0 Å². The van der Waals surface area contributed by atoms with Crippen molar-refractivity contribution in [3.8, 4) is 11.5 Å². The summed E-state index contributed by atoms with van der Waals surface area (Å²) in [5, 5.41) is 3.07. The van der Waals surface area contributed by atoms with Gasteiger partial charge in [-0.15, -0.1) is 0 Å². The lowest BCUT2D eigenvalue weighted by Crippen LogP contribution is -2.40. The predicted octanol–water partition coefficient (Wildman–Crippen LogP) is 4.09. The number of likely N-dealkylation sites (tertiary alicyclic amines) is 1. The van der Waals surface area contributed by atoms with Gasteiger partial charge in [0.1, 0.15) is 5.76 Å². The van der Waals surface area contributed by atoms with Crippen molar-refractivity contribution >= 4 is 5.91 Å². The highest BCUT2D eigenvalue weighted by Crippen LogP contribution is 2.26. The first kappa shape index (κ1) is 19.6. The maximum Gasteiger partial charge on any atom is 0.226 e. The van der Waals surface area contributed by atoms with E-state index in [0.29, 0.717) is 5.89 Å². The average molecular weight is 370 g/mol. The molecule has 1 fully saturated rings. The second kappa shape index (κ2) is 9.18. The van der Waals surface area contributed by atoms with E-state index < -0.39 is 0 Å². The number of rotatable bonds is 7. The predicted molar refractivity (Wildman–Crippen MR) is 107 cm³/mol. The third kappa shape index (κ3) is 4.98. The van der Waals surface area contributed by atoms with Crippen LogP contribution in [0.1, 0.15) is 49.6 Å². The van der Waals surface area contributed by atoms with Crippen molar-refractivity contribution in [3.05, 3.63) is 41.3 Å². The van der Waals surface area contributed by atoms with E-state index in [0.717, 1.165) is 68.9 Å². The van der Waals surface area contributed by atoms with Crippen LogP contribution in [0.15, 0.2) is 28.7 Å². The number of oxazole rings is 1. The first-order chi connectivity index (χ1) is 13.1. The molecule has 1 aromatic heterocycles. The van der Waals surface area contributed by atoms with Crippen molar-refractivity contribution in [3.63, 3.8) is 0 Å². The van der Waals surface area contributed by atoms with Crippen LogP contribution in [-0.2, 0) is 11.3 Å². The molecule has 0 radical (unpaired) electrons. The van der Waals surface area contributed by atoms with Crippen LogP contribution in [-0.4, -0.2) is 35.4 Å². The maximum atomic E-state index is 12.2. The summed E-state index contributed by atoms with van der Waals surface area (Å²) in [6, 6.07) is 8.16. The number of carbonyl (C=O) groups excluding carboxylic acids is 1. The SMILES string of the molecule is CCCCNC(=O)C1CCN(Cc2nc(-c3ccccc3C)oc2C)CC1. The number of nitrogens with zero attached hydrogens (tertiary/aromatic N) is 2. The van der Waals surface area contributed by atoms with Crippen LogP contribution in [0.25, 0.3) is 11.5 Å². The monoisotopic (exact) mass is 369 g/mol. The zero-order valence-electron chi connectivity index (χ0n) is 16.8. The van der Waals surface area contributed by atoms with Gasteiger partial charge in [0.25, 0.3) is 0 Å². The van der Waals surface area contributed by atoms with E-state index in [2.05, 4.69) is 30.1 Å². The normalized spacial score (nSPS) is 15.8. The summed E-state index contributed by atoms with van der Waals surface area (Å²) in [6.45, 7) is 9.64. The van der Waals surface area contributed by atoms with E-state index in [1.165, 1.54) is 5.56 Å². The van der Waals surface area contributed by atoms with Gasteiger partial charge in [-0.3, -0.25) is 9.69 Å². The first-order valence-electron chi connectivity index (χ1n) is 10.1. The lowest BCUT2D eigenvalue weighted by Gasteiger charge is -2.30. The lowest BCUT2D eigenvalue weighted by molar-refractivity contribution is -0.126. The molecule has 0 aliphatic carbocycles. The van der Waals surface area contributed by atoms with Gasteiger partial charge < -0.3 is 9.73 Å². The van der Waals surface area contributed by atoms with Crippen LogP contribution in [0.3, 0.4) is 0 Å².